The molecule has 2 bridgehead atoms. The van der Waals surface area contributed by atoms with Gasteiger partial charge in [0.1, 0.15) is 0 Å². The number of ether oxygens (including phenoxy) is 2. The van der Waals surface area contributed by atoms with Gasteiger partial charge in [-0.2, -0.15) is 0 Å². The van der Waals surface area contributed by atoms with Crippen molar-refractivity contribution in [2.45, 2.75) is 58.2 Å². The van der Waals surface area contributed by atoms with Gasteiger partial charge in [-0.1, -0.05) is 13.0 Å². The van der Waals surface area contributed by atoms with Gasteiger partial charge in [-0.15, -0.1) is 0 Å². The molecule has 2 aliphatic heterocycles. The van der Waals surface area contributed by atoms with Crippen LogP contribution in [0.1, 0.15) is 45.1 Å². The number of pyridine rings is 1. The van der Waals surface area contributed by atoms with E-state index >= 15 is 0 Å². The summed E-state index contributed by atoms with van der Waals surface area (Å²) in [6, 6.07) is 4.72. The molecule has 0 spiro atoms. The molecule has 5 heteroatoms. The van der Waals surface area contributed by atoms with Crippen LogP contribution in [0.5, 0.6) is 5.88 Å². The van der Waals surface area contributed by atoms with Gasteiger partial charge in [-0.05, 0) is 38.2 Å². The zero-order chi connectivity index (χ0) is 16.4. The molecule has 0 radical (unpaired) electrons. The minimum atomic E-state index is -0.321. The van der Waals surface area contributed by atoms with E-state index in [0.29, 0.717) is 24.6 Å². The van der Waals surface area contributed by atoms with Crippen LogP contribution in [-0.2, 0) is 16.1 Å². The minimum Gasteiger partial charge on any atom is -0.481 e. The number of nitrogens with zero attached hydrogens (tertiary/aromatic N) is 2. The Morgan fingerprint density at radius 2 is 2.22 bits per heavy atom. The van der Waals surface area contributed by atoms with Crippen LogP contribution in [0.4, 0.5) is 0 Å². The molecule has 0 unspecified atom stereocenters. The molecular formula is C18H26N2O3. The van der Waals surface area contributed by atoms with Gasteiger partial charge in [0.15, 0.2) is 0 Å². The van der Waals surface area contributed by atoms with Gasteiger partial charge in [0.25, 0.3) is 0 Å². The summed E-state index contributed by atoms with van der Waals surface area (Å²) >= 11 is 0. The first-order valence-corrected chi connectivity index (χ1v) is 8.56. The molecule has 3 atom stereocenters. The Labute approximate surface area is 138 Å². The summed E-state index contributed by atoms with van der Waals surface area (Å²) in [5.41, 5.74) is 0.845. The monoisotopic (exact) mass is 318 g/mol. The van der Waals surface area contributed by atoms with Crippen molar-refractivity contribution in [1.29, 1.82) is 0 Å². The number of fused-ring (bicyclic) bond motifs is 2. The highest BCUT2D eigenvalue weighted by molar-refractivity contribution is 5.78. The number of aromatic nitrogens is 1. The number of rotatable bonds is 6. The van der Waals surface area contributed by atoms with Crippen LogP contribution in [0.3, 0.4) is 0 Å². The van der Waals surface area contributed by atoms with E-state index in [-0.39, 0.29) is 11.4 Å². The van der Waals surface area contributed by atoms with Gasteiger partial charge in [0.05, 0.1) is 19.1 Å². The predicted molar refractivity (Wildman–Crippen MR) is 87.1 cm³/mol. The fourth-order valence-corrected chi connectivity index (χ4v) is 4.40. The van der Waals surface area contributed by atoms with Crippen LogP contribution in [0.25, 0.3) is 0 Å². The Bertz CT molecular complexity index is 560. The van der Waals surface area contributed by atoms with Crippen molar-refractivity contribution < 1.29 is 14.3 Å². The summed E-state index contributed by atoms with van der Waals surface area (Å²) in [7, 11) is 1.62. The molecule has 0 aliphatic carbocycles. The molecule has 0 amide bonds. The Morgan fingerprint density at radius 1 is 1.39 bits per heavy atom. The zero-order valence-electron chi connectivity index (χ0n) is 14.2. The first kappa shape index (κ1) is 16.2. The fraction of sp³-hybridized carbons (Fsp3) is 0.667. The highest BCUT2D eigenvalue weighted by Crippen LogP contribution is 2.52. The highest BCUT2D eigenvalue weighted by atomic mass is 16.5. The summed E-state index contributed by atoms with van der Waals surface area (Å²) < 4.78 is 10.5. The van der Waals surface area contributed by atoms with Gasteiger partial charge in [-0.3, -0.25) is 9.69 Å². The standard InChI is InChI=1S/C18H26N2O3/c1-4-18(17(21)23-5-2)10-14-7-8-15(18)20(14)12-13-6-9-16(22-3)19-11-13/h6,9,11,14-15H,4-5,7-8,10,12H2,1-3H3/t14-,15+,18+/m0/s1. The average Bonchev–Trinajstić information content (AvgIpc) is 3.11. The van der Waals surface area contributed by atoms with E-state index in [1.807, 2.05) is 19.2 Å². The summed E-state index contributed by atoms with van der Waals surface area (Å²) in [4.78, 5) is 19.4. The topological polar surface area (TPSA) is 51.7 Å². The lowest BCUT2D eigenvalue weighted by Crippen LogP contribution is -2.43. The molecule has 1 aromatic rings. The molecule has 5 nitrogen and oxygen atoms in total. The third-order valence-electron chi connectivity index (χ3n) is 5.57. The lowest BCUT2D eigenvalue weighted by molar-refractivity contribution is -0.157. The van der Waals surface area contributed by atoms with E-state index in [1.54, 1.807) is 7.11 Å². The molecule has 0 N–H and O–H groups in total. The van der Waals surface area contributed by atoms with Gasteiger partial charge in [0.2, 0.25) is 5.88 Å². The van der Waals surface area contributed by atoms with Gasteiger partial charge >= 0.3 is 5.97 Å². The van der Waals surface area contributed by atoms with Crippen molar-refractivity contribution in [3.63, 3.8) is 0 Å². The number of carbonyl (C=O) groups excluding carboxylic acids is 1. The number of hydrogen-bond donors (Lipinski definition) is 0. The van der Waals surface area contributed by atoms with E-state index in [4.69, 9.17) is 9.47 Å². The molecule has 2 saturated heterocycles. The van der Waals surface area contributed by atoms with Gasteiger partial charge < -0.3 is 9.47 Å². The first-order chi connectivity index (χ1) is 11.1. The Kier molecular flexibility index (Phi) is 4.57. The van der Waals surface area contributed by atoms with E-state index in [2.05, 4.69) is 22.9 Å². The number of methoxy groups -OCH3 is 1. The quantitative estimate of drug-likeness (QED) is 0.755. The minimum absolute atomic E-state index is 0.00689. The SMILES string of the molecule is CCOC(=O)[C@]1(CC)C[C@@H]2CC[C@H]1N2Cc1ccc(OC)nc1. The lowest BCUT2D eigenvalue weighted by Gasteiger charge is -2.34. The normalized spacial score (nSPS) is 29.7. The van der Waals surface area contributed by atoms with Crippen molar-refractivity contribution in [3.05, 3.63) is 23.9 Å². The van der Waals surface area contributed by atoms with Crippen LogP contribution >= 0.6 is 0 Å². The average molecular weight is 318 g/mol. The Hall–Kier alpha value is -1.62. The molecule has 0 aromatic carbocycles. The summed E-state index contributed by atoms with van der Waals surface area (Å²) in [5, 5.41) is 0. The summed E-state index contributed by atoms with van der Waals surface area (Å²) in [6.07, 6.45) is 5.91. The third kappa shape index (κ3) is 2.71. The maximum absolute atomic E-state index is 12.6. The van der Waals surface area contributed by atoms with Crippen LogP contribution in [0, 0.1) is 5.41 Å². The lowest BCUT2D eigenvalue weighted by atomic mass is 9.72. The molecule has 126 valence electrons. The summed E-state index contributed by atoms with van der Waals surface area (Å²) in [6.45, 7) is 5.30. The molecule has 3 heterocycles. The van der Waals surface area contributed by atoms with Gasteiger partial charge in [-0.25, -0.2) is 4.98 Å². The van der Waals surface area contributed by atoms with Crippen LogP contribution in [-0.4, -0.2) is 41.7 Å². The molecule has 3 rings (SSSR count). The maximum Gasteiger partial charge on any atom is 0.313 e. The second-order valence-electron chi connectivity index (χ2n) is 6.56. The molecule has 2 aliphatic rings. The van der Waals surface area contributed by atoms with E-state index in [1.165, 1.54) is 12.0 Å². The zero-order valence-corrected chi connectivity index (χ0v) is 14.2. The van der Waals surface area contributed by atoms with Crippen molar-refractivity contribution in [3.8, 4) is 5.88 Å². The van der Waals surface area contributed by atoms with E-state index in [0.717, 1.165) is 25.8 Å². The predicted octanol–water partition coefficient (Wildman–Crippen LogP) is 2.79. The van der Waals surface area contributed by atoms with Crippen molar-refractivity contribution in [2.24, 2.45) is 5.41 Å². The Morgan fingerprint density at radius 3 is 2.83 bits per heavy atom. The van der Waals surface area contributed by atoms with Gasteiger partial charge in [0, 0.05) is 30.9 Å². The number of carbonyl (C=O) groups is 1. The molecule has 0 saturated carbocycles. The van der Waals surface area contributed by atoms with E-state index < -0.39 is 0 Å². The molecule has 23 heavy (non-hydrogen) atoms. The molecule has 2 fully saturated rings. The number of esters is 1. The maximum atomic E-state index is 12.6. The van der Waals surface area contributed by atoms with Crippen molar-refractivity contribution in [1.82, 2.24) is 9.88 Å². The highest BCUT2D eigenvalue weighted by Gasteiger charge is 2.59. The van der Waals surface area contributed by atoms with Crippen molar-refractivity contribution in [2.75, 3.05) is 13.7 Å². The smallest absolute Gasteiger partial charge is 0.313 e. The van der Waals surface area contributed by atoms with Crippen molar-refractivity contribution >= 4 is 5.97 Å². The second-order valence-corrected chi connectivity index (χ2v) is 6.56. The number of hydrogen-bond acceptors (Lipinski definition) is 5. The molecule has 1 aromatic heterocycles. The first-order valence-electron chi connectivity index (χ1n) is 8.56. The third-order valence-corrected chi connectivity index (χ3v) is 5.57. The van der Waals surface area contributed by atoms with Crippen LogP contribution in [0.15, 0.2) is 18.3 Å². The largest absolute Gasteiger partial charge is 0.481 e. The molecular weight excluding hydrogens is 292 g/mol. The van der Waals surface area contributed by atoms with Crippen LogP contribution < -0.4 is 4.74 Å². The van der Waals surface area contributed by atoms with E-state index in [9.17, 15) is 4.79 Å². The Balaban J connectivity index is 1.77. The fourth-order valence-electron chi connectivity index (χ4n) is 4.40. The van der Waals surface area contributed by atoms with Crippen LogP contribution in [0.2, 0.25) is 0 Å². The summed E-state index contributed by atoms with van der Waals surface area (Å²) in [5.74, 6) is 0.625. The second kappa shape index (κ2) is 6.48.